The smallest absolute Gasteiger partial charge is 0.237 e. The first-order valence-corrected chi connectivity index (χ1v) is 7.39. The number of para-hydroxylation sites is 1. The first-order valence-electron chi connectivity index (χ1n) is 7.39. The zero-order chi connectivity index (χ0) is 15.4. The maximum absolute atomic E-state index is 12.2. The molecule has 2 atom stereocenters. The Bertz CT molecular complexity index is 633. The van der Waals surface area contributed by atoms with Crippen molar-refractivity contribution in [1.82, 2.24) is 20.4 Å². The fourth-order valence-corrected chi connectivity index (χ4v) is 2.68. The fraction of sp³-hybridized carbons (Fsp3) is 0.375. The number of hydrogen-bond acceptors (Lipinski definition) is 4. The second-order valence-corrected chi connectivity index (χ2v) is 5.35. The van der Waals surface area contributed by atoms with Crippen LogP contribution in [0, 0.1) is 0 Å². The van der Waals surface area contributed by atoms with Gasteiger partial charge in [0.15, 0.2) is 0 Å². The van der Waals surface area contributed by atoms with Crippen molar-refractivity contribution in [3.63, 3.8) is 0 Å². The summed E-state index contributed by atoms with van der Waals surface area (Å²) in [6.45, 7) is 1.20. The molecule has 1 aromatic carbocycles. The molecule has 6 nitrogen and oxygen atoms in total. The summed E-state index contributed by atoms with van der Waals surface area (Å²) >= 11 is 0. The van der Waals surface area contributed by atoms with Crippen molar-refractivity contribution < 1.29 is 9.53 Å². The van der Waals surface area contributed by atoms with E-state index in [2.05, 4.69) is 15.7 Å². The van der Waals surface area contributed by atoms with E-state index < -0.39 is 0 Å². The highest BCUT2D eigenvalue weighted by molar-refractivity contribution is 5.85. The molecule has 0 aliphatic carbocycles. The third-order valence-electron chi connectivity index (χ3n) is 3.94. The average Bonchev–Trinajstić information content (AvgIpc) is 3.24. The van der Waals surface area contributed by atoms with Crippen molar-refractivity contribution in [2.45, 2.75) is 25.1 Å². The second kappa shape index (κ2) is 8.10. The van der Waals surface area contributed by atoms with Gasteiger partial charge in [-0.15, -0.1) is 12.4 Å². The van der Waals surface area contributed by atoms with Gasteiger partial charge in [0, 0.05) is 32.6 Å². The van der Waals surface area contributed by atoms with Crippen LogP contribution in [0.3, 0.4) is 0 Å². The summed E-state index contributed by atoms with van der Waals surface area (Å²) < 4.78 is 7.07. The molecular formula is C16H21ClN4O2. The number of nitrogens with zero attached hydrogens (tertiary/aromatic N) is 2. The molecule has 1 aliphatic heterocycles. The van der Waals surface area contributed by atoms with Gasteiger partial charge in [0.05, 0.1) is 17.8 Å². The van der Waals surface area contributed by atoms with Crippen LogP contribution in [-0.2, 0) is 16.1 Å². The number of carbonyl (C=O) groups excluding carboxylic acids is 1. The lowest BCUT2D eigenvalue weighted by atomic mass is 10.1. The van der Waals surface area contributed by atoms with Crippen LogP contribution < -0.4 is 10.6 Å². The lowest BCUT2D eigenvalue weighted by molar-refractivity contribution is -0.123. The van der Waals surface area contributed by atoms with E-state index in [4.69, 9.17) is 4.74 Å². The second-order valence-electron chi connectivity index (χ2n) is 5.35. The third-order valence-corrected chi connectivity index (χ3v) is 3.94. The van der Waals surface area contributed by atoms with Gasteiger partial charge in [-0.1, -0.05) is 18.2 Å². The molecule has 0 radical (unpaired) electrons. The molecule has 0 spiro atoms. The molecule has 0 unspecified atom stereocenters. The van der Waals surface area contributed by atoms with E-state index in [0.717, 1.165) is 17.8 Å². The Balaban J connectivity index is 0.00000192. The molecule has 1 amide bonds. The van der Waals surface area contributed by atoms with Gasteiger partial charge in [-0.3, -0.25) is 4.79 Å². The number of halogens is 1. The molecule has 3 rings (SSSR count). The number of rotatable bonds is 5. The monoisotopic (exact) mass is 336 g/mol. The number of aromatic nitrogens is 2. The van der Waals surface area contributed by atoms with Gasteiger partial charge in [0.2, 0.25) is 5.91 Å². The van der Waals surface area contributed by atoms with E-state index in [9.17, 15) is 4.79 Å². The highest BCUT2D eigenvalue weighted by atomic mass is 35.5. The van der Waals surface area contributed by atoms with Gasteiger partial charge in [-0.2, -0.15) is 5.10 Å². The van der Waals surface area contributed by atoms with Crippen molar-refractivity contribution in [3.05, 3.63) is 48.3 Å². The standard InChI is InChI=1S/C16H20N4O2.ClH/c1-22-13-9-14(17-11-13)16(21)18-10-12-5-2-3-6-15(12)20-8-4-7-19-20;/h2-8,13-14,17H,9-11H2,1H3,(H,18,21);1H/t13-,14-;/m0./s1. The Morgan fingerprint density at radius 1 is 1.43 bits per heavy atom. The lowest BCUT2D eigenvalue weighted by Gasteiger charge is -2.13. The van der Waals surface area contributed by atoms with Gasteiger partial charge in [0.25, 0.3) is 0 Å². The minimum atomic E-state index is -0.179. The molecule has 23 heavy (non-hydrogen) atoms. The van der Waals surface area contributed by atoms with Crippen molar-refractivity contribution in [2.75, 3.05) is 13.7 Å². The quantitative estimate of drug-likeness (QED) is 0.863. The maximum atomic E-state index is 12.2. The van der Waals surface area contributed by atoms with Crippen molar-refractivity contribution in [1.29, 1.82) is 0 Å². The molecule has 2 aromatic rings. The van der Waals surface area contributed by atoms with Crippen LogP contribution in [-0.4, -0.2) is 41.5 Å². The number of amides is 1. The summed E-state index contributed by atoms with van der Waals surface area (Å²) in [6, 6.07) is 9.61. The molecule has 2 N–H and O–H groups in total. The molecule has 1 saturated heterocycles. The van der Waals surface area contributed by atoms with Crippen LogP contribution in [0.2, 0.25) is 0 Å². The van der Waals surface area contributed by atoms with Crippen molar-refractivity contribution in [3.8, 4) is 5.69 Å². The zero-order valence-electron chi connectivity index (χ0n) is 12.9. The van der Waals surface area contributed by atoms with Crippen molar-refractivity contribution in [2.24, 2.45) is 0 Å². The summed E-state index contributed by atoms with van der Waals surface area (Å²) in [5.41, 5.74) is 2.00. The van der Waals surface area contributed by atoms with Crippen LogP contribution in [0.5, 0.6) is 0 Å². The Morgan fingerprint density at radius 2 is 2.26 bits per heavy atom. The molecule has 1 aliphatic rings. The number of methoxy groups -OCH3 is 1. The molecule has 7 heteroatoms. The maximum Gasteiger partial charge on any atom is 0.237 e. The predicted octanol–water partition coefficient (Wildman–Crippen LogP) is 1.29. The summed E-state index contributed by atoms with van der Waals surface area (Å²) in [5, 5.41) is 10.4. The Hall–Kier alpha value is -1.89. The number of ether oxygens (including phenoxy) is 1. The third kappa shape index (κ3) is 4.10. The number of nitrogens with one attached hydrogen (secondary N) is 2. The first-order chi connectivity index (χ1) is 10.8. The Kier molecular flexibility index (Phi) is 6.15. The molecule has 0 saturated carbocycles. The predicted molar refractivity (Wildman–Crippen MR) is 89.9 cm³/mol. The summed E-state index contributed by atoms with van der Waals surface area (Å²) in [6.07, 6.45) is 4.46. The van der Waals surface area contributed by atoms with Gasteiger partial charge in [-0.05, 0) is 24.1 Å². The van der Waals surface area contributed by atoms with E-state index in [1.165, 1.54) is 0 Å². The van der Waals surface area contributed by atoms with Crippen LogP contribution in [0.25, 0.3) is 5.69 Å². The molecule has 0 bridgehead atoms. The minimum absolute atomic E-state index is 0. The number of hydrogen-bond donors (Lipinski definition) is 2. The molecule has 124 valence electrons. The molecule has 1 aromatic heterocycles. The topological polar surface area (TPSA) is 68.2 Å². The van der Waals surface area contributed by atoms with Crippen LogP contribution in [0.1, 0.15) is 12.0 Å². The normalized spacial score (nSPS) is 20.0. The van der Waals surface area contributed by atoms with Gasteiger partial charge in [-0.25, -0.2) is 4.68 Å². The van der Waals surface area contributed by atoms with Crippen molar-refractivity contribution >= 4 is 18.3 Å². The van der Waals surface area contributed by atoms with E-state index in [-0.39, 0.29) is 30.5 Å². The lowest BCUT2D eigenvalue weighted by Crippen LogP contribution is -2.40. The SMILES string of the molecule is CO[C@@H]1CN[C@H](C(=O)NCc2ccccc2-n2cccn2)C1.Cl. The van der Waals surface area contributed by atoms with E-state index in [0.29, 0.717) is 13.0 Å². The van der Waals surface area contributed by atoms with Gasteiger partial charge in [0.1, 0.15) is 0 Å². The Labute approximate surface area is 141 Å². The highest BCUT2D eigenvalue weighted by Crippen LogP contribution is 2.14. The zero-order valence-corrected chi connectivity index (χ0v) is 13.8. The Morgan fingerprint density at radius 3 is 2.96 bits per heavy atom. The minimum Gasteiger partial charge on any atom is -0.380 e. The first kappa shape index (κ1) is 17.5. The summed E-state index contributed by atoms with van der Waals surface area (Å²) in [4.78, 5) is 12.2. The van der Waals surface area contributed by atoms with E-state index >= 15 is 0 Å². The van der Waals surface area contributed by atoms with Gasteiger partial charge < -0.3 is 15.4 Å². The molecule has 1 fully saturated rings. The fourth-order valence-electron chi connectivity index (χ4n) is 2.68. The summed E-state index contributed by atoms with van der Waals surface area (Å²) in [7, 11) is 1.67. The number of carbonyl (C=O) groups is 1. The number of benzene rings is 1. The molecular weight excluding hydrogens is 316 g/mol. The highest BCUT2D eigenvalue weighted by Gasteiger charge is 2.29. The van der Waals surface area contributed by atoms with Gasteiger partial charge >= 0.3 is 0 Å². The van der Waals surface area contributed by atoms with Crippen LogP contribution >= 0.6 is 12.4 Å². The van der Waals surface area contributed by atoms with Crippen LogP contribution in [0.15, 0.2) is 42.7 Å². The van der Waals surface area contributed by atoms with E-state index in [1.54, 1.807) is 18.0 Å². The summed E-state index contributed by atoms with van der Waals surface area (Å²) in [5.74, 6) is 0.00909. The average molecular weight is 337 g/mol. The van der Waals surface area contributed by atoms with E-state index in [1.807, 2.05) is 36.5 Å². The van der Waals surface area contributed by atoms with Crippen LogP contribution in [0.4, 0.5) is 0 Å². The largest absolute Gasteiger partial charge is 0.380 e. The molecule has 2 heterocycles.